The number of hydrogen-bond acceptors (Lipinski definition) is 5. The second-order valence-electron chi connectivity index (χ2n) is 12.9. The predicted octanol–water partition coefficient (Wildman–Crippen LogP) is 7.89. The number of H-pyrrole nitrogens is 1. The number of carbonyl (C=O) groups is 1. The fourth-order valence-electron chi connectivity index (χ4n) is 4.79. The molecule has 44 heavy (non-hydrogen) atoms. The fourth-order valence-corrected chi connectivity index (χ4v) is 6.55. The van der Waals surface area contributed by atoms with Crippen LogP contribution in [0.1, 0.15) is 66.5 Å². The van der Waals surface area contributed by atoms with Crippen molar-refractivity contribution in [2.45, 2.75) is 77.5 Å². The van der Waals surface area contributed by atoms with Crippen LogP contribution in [0.15, 0.2) is 60.7 Å². The van der Waals surface area contributed by atoms with Gasteiger partial charge in [-0.1, -0.05) is 62.2 Å². The number of rotatable bonds is 12. The number of benzene rings is 3. The maximum Gasteiger partial charge on any atom is 0.267 e. The lowest BCUT2D eigenvalue weighted by Gasteiger charge is -2.40. The third-order valence-corrected chi connectivity index (χ3v) is 13.5. The lowest BCUT2D eigenvalue weighted by Crippen LogP contribution is -2.44. The summed E-state index contributed by atoms with van der Waals surface area (Å²) in [5.41, 5.74) is 4.72. The number of amides is 1. The molecule has 0 saturated carbocycles. The van der Waals surface area contributed by atoms with Crippen LogP contribution in [0.5, 0.6) is 5.75 Å². The molecule has 2 atom stereocenters. The van der Waals surface area contributed by atoms with Gasteiger partial charge >= 0.3 is 0 Å². The normalized spacial score (nSPS) is 13.7. The van der Waals surface area contributed by atoms with E-state index in [0.717, 1.165) is 34.0 Å². The van der Waals surface area contributed by atoms with Crippen LogP contribution in [0.2, 0.25) is 28.2 Å². The van der Waals surface area contributed by atoms with Crippen molar-refractivity contribution < 1.29 is 19.4 Å². The summed E-state index contributed by atoms with van der Waals surface area (Å²) < 4.78 is 6.83. The van der Waals surface area contributed by atoms with Crippen LogP contribution in [0.4, 0.5) is 0 Å². The molecule has 4 aromatic rings. The van der Waals surface area contributed by atoms with E-state index < -0.39 is 8.32 Å². The van der Waals surface area contributed by atoms with Gasteiger partial charge in [-0.3, -0.25) is 4.79 Å². The van der Waals surface area contributed by atoms with Gasteiger partial charge in [0.2, 0.25) is 0 Å². The van der Waals surface area contributed by atoms with Gasteiger partial charge in [-0.15, -0.1) is 0 Å². The molecule has 1 heterocycles. The lowest BCUT2D eigenvalue weighted by molar-refractivity contribution is 0.0946. The minimum Gasteiger partial charge on any atom is -0.508 e. The molecule has 7 nitrogen and oxygen atoms in total. The molecule has 0 unspecified atom stereocenters. The van der Waals surface area contributed by atoms with Crippen molar-refractivity contribution in [3.05, 3.63) is 98.7 Å². The number of phenols is 1. The van der Waals surface area contributed by atoms with Crippen LogP contribution in [-0.2, 0) is 24.0 Å². The van der Waals surface area contributed by atoms with E-state index in [-0.39, 0.29) is 35.4 Å². The first-order chi connectivity index (χ1) is 20.7. The summed E-state index contributed by atoms with van der Waals surface area (Å²) in [6.45, 7) is 13.9. The Labute approximate surface area is 271 Å². The van der Waals surface area contributed by atoms with Gasteiger partial charge in [-0.25, -0.2) is 0 Å². The summed E-state index contributed by atoms with van der Waals surface area (Å²) in [4.78, 5) is 16.1. The zero-order valence-electron chi connectivity index (χ0n) is 26.2. The Hall–Kier alpha value is -2.85. The minimum atomic E-state index is -2.12. The van der Waals surface area contributed by atoms with Gasteiger partial charge in [0.1, 0.15) is 11.4 Å². The van der Waals surface area contributed by atoms with Gasteiger partial charge in [0.05, 0.1) is 12.7 Å². The van der Waals surface area contributed by atoms with Crippen molar-refractivity contribution in [2.75, 3.05) is 6.54 Å². The van der Waals surface area contributed by atoms with Crippen LogP contribution in [0, 0.1) is 0 Å². The number of nitrogens with one attached hydrogen (secondary N) is 3. The van der Waals surface area contributed by atoms with Crippen LogP contribution in [0.3, 0.4) is 0 Å². The summed E-state index contributed by atoms with van der Waals surface area (Å²) in [6, 6.07) is 18.7. The molecule has 0 spiro atoms. The highest BCUT2D eigenvalue weighted by Crippen LogP contribution is 2.40. The highest BCUT2D eigenvalue weighted by molar-refractivity contribution is 6.74. The summed E-state index contributed by atoms with van der Waals surface area (Å²) in [5, 5.41) is 28.5. The summed E-state index contributed by atoms with van der Waals surface area (Å²) in [5.74, 6) is -0.134. The van der Waals surface area contributed by atoms with Gasteiger partial charge < -0.3 is 30.3 Å². The monoisotopic (exact) mass is 655 g/mol. The first-order valence-corrected chi connectivity index (χ1v) is 18.5. The number of fused-ring (bicyclic) bond motifs is 1. The number of carbonyl (C=O) groups excluding carboxylic acids is 1. The summed E-state index contributed by atoms with van der Waals surface area (Å²) in [7, 11) is -2.12. The molecule has 0 bridgehead atoms. The molecule has 0 aliphatic rings. The van der Waals surface area contributed by atoms with E-state index in [1.807, 2.05) is 24.3 Å². The van der Waals surface area contributed by atoms with E-state index in [4.69, 9.17) is 27.6 Å². The molecule has 4 rings (SSSR count). The maximum atomic E-state index is 12.9. The fraction of sp³-hybridized carbons (Fsp3) is 0.382. The quantitative estimate of drug-likeness (QED) is 0.0998. The van der Waals surface area contributed by atoms with Crippen molar-refractivity contribution in [2.24, 2.45) is 0 Å². The third kappa shape index (κ3) is 8.44. The first kappa shape index (κ1) is 34.0. The SMILES string of the molecule is C[C@H](Cc1ccc2[nH]c(C(=O)NCc3ccc(Cl)cc3Cl)cc2c1)NC[C@@H](O[Si](C)(C)C(C)(C)C)c1ccc(O)c(CO)c1. The number of halogens is 2. The molecule has 0 saturated heterocycles. The average Bonchev–Trinajstić information content (AvgIpc) is 3.38. The minimum absolute atomic E-state index is 0.0260. The predicted molar refractivity (Wildman–Crippen MR) is 182 cm³/mol. The van der Waals surface area contributed by atoms with Crippen LogP contribution >= 0.6 is 23.2 Å². The Morgan fingerprint density at radius 2 is 1.77 bits per heavy atom. The van der Waals surface area contributed by atoms with Crippen molar-refractivity contribution >= 4 is 48.3 Å². The standard InChI is InChI=1S/C34H43Cl2N3O4Si/c1-21(37-19-32(43-44(5,6)34(2,3)4)23-9-12-31(41)26(15-23)20-40)13-22-7-11-29-25(14-22)16-30(39-29)33(42)38-18-24-8-10-27(35)17-28(24)36/h7-12,14-17,21,32,37,39-41H,13,18-20H2,1-6H3,(H,38,42)/t21-,32-/m1/s1. The molecule has 1 amide bonds. The number of aliphatic hydroxyl groups is 1. The third-order valence-electron chi connectivity index (χ3n) is 8.47. The van der Waals surface area contributed by atoms with Crippen molar-refractivity contribution in [1.82, 2.24) is 15.6 Å². The van der Waals surface area contributed by atoms with E-state index in [2.05, 4.69) is 68.5 Å². The van der Waals surface area contributed by atoms with Gasteiger partial charge in [0, 0.05) is 45.6 Å². The van der Waals surface area contributed by atoms with Gasteiger partial charge in [0.25, 0.3) is 5.91 Å². The molecule has 0 aliphatic carbocycles. The Morgan fingerprint density at radius 1 is 1.02 bits per heavy atom. The number of hydrogen-bond donors (Lipinski definition) is 5. The van der Waals surface area contributed by atoms with Crippen LogP contribution < -0.4 is 10.6 Å². The Kier molecular flexibility index (Phi) is 10.9. The molecule has 1 aromatic heterocycles. The number of aromatic hydroxyl groups is 1. The molecule has 0 fully saturated rings. The van der Waals surface area contributed by atoms with Crippen molar-refractivity contribution in [1.29, 1.82) is 0 Å². The Bertz CT molecular complexity index is 1620. The largest absolute Gasteiger partial charge is 0.508 e. The molecular formula is C34H43Cl2N3O4Si. The average molecular weight is 657 g/mol. The zero-order chi connectivity index (χ0) is 32.2. The van der Waals surface area contributed by atoms with Crippen molar-refractivity contribution in [3.8, 4) is 5.75 Å². The van der Waals surface area contributed by atoms with Crippen LogP contribution in [0.25, 0.3) is 10.9 Å². The van der Waals surface area contributed by atoms with E-state index in [1.165, 1.54) is 0 Å². The maximum absolute atomic E-state index is 12.9. The van der Waals surface area contributed by atoms with Gasteiger partial charge in [-0.2, -0.15) is 0 Å². The van der Waals surface area contributed by atoms with Crippen molar-refractivity contribution in [3.63, 3.8) is 0 Å². The van der Waals surface area contributed by atoms with E-state index in [1.54, 1.807) is 24.3 Å². The smallest absolute Gasteiger partial charge is 0.267 e. The molecule has 10 heteroatoms. The number of aromatic nitrogens is 1. The highest BCUT2D eigenvalue weighted by Gasteiger charge is 2.39. The number of aromatic amines is 1. The van der Waals surface area contributed by atoms with E-state index in [0.29, 0.717) is 34.4 Å². The van der Waals surface area contributed by atoms with Crippen LogP contribution in [-0.4, -0.2) is 42.0 Å². The van der Waals surface area contributed by atoms with Gasteiger partial charge in [0.15, 0.2) is 8.32 Å². The zero-order valence-corrected chi connectivity index (χ0v) is 28.7. The molecule has 236 valence electrons. The van der Waals surface area contributed by atoms with Gasteiger partial charge in [-0.05, 0) is 90.6 Å². The molecular weight excluding hydrogens is 613 g/mol. The molecule has 0 aliphatic heterocycles. The summed E-state index contributed by atoms with van der Waals surface area (Å²) >= 11 is 12.2. The Balaban J connectivity index is 1.42. The topological polar surface area (TPSA) is 107 Å². The second kappa shape index (κ2) is 14.1. The van der Waals surface area contributed by atoms with E-state index >= 15 is 0 Å². The second-order valence-corrected chi connectivity index (χ2v) is 18.5. The molecule has 0 radical (unpaired) electrons. The first-order valence-electron chi connectivity index (χ1n) is 14.8. The Morgan fingerprint density at radius 3 is 2.45 bits per heavy atom. The van der Waals surface area contributed by atoms with E-state index in [9.17, 15) is 15.0 Å². The summed E-state index contributed by atoms with van der Waals surface area (Å²) in [6.07, 6.45) is 0.544. The molecule has 5 N–H and O–H groups in total. The lowest BCUT2D eigenvalue weighted by atomic mass is 10.0. The highest BCUT2D eigenvalue weighted by atomic mass is 35.5. The number of aliphatic hydroxyl groups excluding tert-OH is 1. The molecule has 3 aromatic carbocycles.